The van der Waals surface area contributed by atoms with Crippen molar-refractivity contribution in [3.8, 4) is 0 Å². The number of rotatable bonds is 3. The van der Waals surface area contributed by atoms with Gasteiger partial charge in [0.25, 0.3) is 5.56 Å². The van der Waals surface area contributed by atoms with Crippen LogP contribution >= 0.6 is 23.4 Å². The number of ketones is 1. The zero-order chi connectivity index (χ0) is 19.1. The van der Waals surface area contributed by atoms with E-state index in [-0.39, 0.29) is 11.3 Å². The van der Waals surface area contributed by atoms with Crippen LogP contribution < -0.4 is 10.9 Å². The predicted molar refractivity (Wildman–Crippen MR) is 109 cm³/mol. The minimum Gasteiger partial charge on any atom is -0.343 e. The monoisotopic (exact) mass is 401 g/mol. The summed E-state index contributed by atoms with van der Waals surface area (Å²) in [5.74, 6) is 0.223. The maximum atomic E-state index is 13.0. The molecule has 1 atom stereocenters. The molecule has 0 fully saturated rings. The molecule has 2 N–H and O–H groups in total. The van der Waals surface area contributed by atoms with Crippen molar-refractivity contribution in [3.63, 3.8) is 0 Å². The summed E-state index contributed by atoms with van der Waals surface area (Å²) in [5, 5.41) is 4.79. The van der Waals surface area contributed by atoms with Crippen LogP contribution in [-0.2, 0) is 4.79 Å². The molecule has 1 aliphatic carbocycles. The second-order valence-electron chi connectivity index (χ2n) is 7.08. The molecule has 0 radical (unpaired) electrons. The van der Waals surface area contributed by atoms with Crippen LogP contribution in [0, 0.1) is 0 Å². The predicted octanol–water partition coefficient (Wildman–Crippen LogP) is 4.49. The molecule has 2 aliphatic rings. The van der Waals surface area contributed by atoms with Gasteiger partial charge in [-0.2, -0.15) is 0 Å². The molecule has 140 valence electrons. The zero-order valence-electron chi connectivity index (χ0n) is 15.1. The summed E-state index contributed by atoms with van der Waals surface area (Å²) in [7, 11) is 0. The van der Waals surface area contributed by atoms with Crippen molar-refractivity contribution in [2.24, 2.45) is 0 Å². The molecule has 0 saturated heterocycles. The highest BCUT2D eigenvalue weighted by molar-refractivity contribution is 7.99. The van der Waals surface area contributed by atoms with Crippen molar-refractivity contribution in [2.45, 2.75) is 49.4 Å². The van der Waals surface area contributed by atoms with Crippen LogP contribution in [0.5, 0.6) is 0 Å². The summed E-state index contributed by atoms with van der Waals surface area (Å²) in [6, 6.07) is 7.34. The van der Waals surface area contributed by atoms with Crippen molar-refractivity contribution in [3.05, 3.63) is 62.0 Å². The van der Waals surface area contributed by atoms with Crippen molar-refractivity contribution in [2.75, 3.05) is 5.32 Å². The highest BCUT2D eigenvalue weighted by Crippen LogP contribution is 2.43. The lowest BCUT2D eigenvalue weighted by Crippen LogP contribution is -2.32. The molecule has 1 aliphatic heterocycles. The van der Waals surface area contributed by atoms with E-state index < -0.39 is 5.92 Å². The topological polar surface area (TPSA) is 74.8 Å². The van der Waals surface area contributed by atoms with Crippen LogP contribution in [0.2, 0.25) is 5.02 Å². The average Bonchev–Trinajstić information content (AvgIpc) is 2.60. The number of thioether (sulfide) groups is 1. The van der Waals surface area contributed by atoms with Crippen LogP contribution in [0.25, 0.3) is 0 Å². The molecule has 0 saturated carbocycles. The fraction of sp³-hybridized carbons (Fsp3) is 0.350. The van der Waals surface area contributed by atoms with E-state index in [1.807, 2.05) is 12.1 Å². The molecule has 7 heteroatoms. The Hall–Kier alpha value is -2.05. The Kier molecular flexibility index (Phi) is 4.86. The Morgan fingerprint density at radius 3 is 2.63 bits per heavy atom. The van der Waals surface area contributed by atoms with Gasteiger partial charge in [0.1, 0.15) is 5.82 Å². The first-order valence-corrected chi connectivity index (χ1v) is 10.3. The SMILES string of the molecule is CC(C)Sc1nc2c(c(=O)[nH]1)[C@@H](c1ccc(Cl)cc1)C1=C(CCCC1=O)N2. The highest BCUT2D eigenvalue weighted by Gasteiger charge is 2.37. The Labute approximate surface area is 166 Å². The Bertz CT molecular complexity index is 995. The molecule has 2 heterocycles. The van der Waals surface area contributed by atoms with Gasteiger partial charge in [0.05, 0.1) is 5.56 Å². The number of allylic oxidation sites excluding steroid dienone is 2. The van der Waals surface area contributed by atoms with Crippen LogP contribution in [0.3, 0.4) is 0 Å². The number of halogens is 1. The summed E-state index contributed by atoms with van der Waals surface area (Å²) in [6.45, 7) is 4.10. The summed E-state index contributed by atoms with van der Waals surface area (Å²) < 4.78 is 0. The maximum Gasteiger partial charge on any atom is 0.257 e. The van der Waals surface area contributed by atoms with Crippen LogP contribution in [0.15, 0.2) is 45.5 Å². The molecular weight excluding hydrogens is 382 g/mol. The number of carbonyl (C=O) groups excluding carboxylic acids is 1. The number of hydrogen-bond acceptors (Lipinski definition) is 5. The number of benzene rings is 1. The molecule has 2 aromatic rings. The number of nitrogens with zero attached hydrogens (tertiary/aromatic N) is 1. The zero-order valence-corrected chi connectivity index (χ0v) is 16.7. The first kappa shape index (κ1) is 18.3. The average molecular weight is 402 g/mol. The highest BCUT2D eigenvalue weighted by atomic mass is 35.5. The van der Waals surface area contributed by atoms with Gasteiger partial charge in [0, 0.05) is 33.9 Å². The molecule has 0 amide bonds. The van der Waals surface area contributed by atoms with E-state index in [1.54, 1.807) is 12.1 Å². The molecule has 4 rings (SSSR count). The van der Waals surface area contributed by atoms with E-state index in [1.165, 1.54) is 11.8 Å². The lowest BCUT2D eigenvalue weighted by molar-refractivity contribution is -0.116. The number of aromatic amines is 1. The van der Waals surface area contributed by atoms with Crippen LogP contribution in [0.4, 0.5) is 5.82 Å². The second-order valence-corrected chi connectivity index (χ2v) is 9.08. The standard InChI is InChI=1S/C20H20ClN3O2S/c1-10(2)27-20-23-18-17(19(26)24-20)15(11-6-8-12(21)9-7-11)16-13(22-18)4-3-5-14(16)25/h6-10,15H,3-5H2,1-2H3,(H2,22,23,24,26)/t15-/m0/s1. The fourth-order valence-corrected chi connectivity index (χ4v) is 4.58. The van der Waals surface area contributed by atoms with Crippen LogP contribution in [-0.4, -0.2) is 21.0 Å². The van der Waals surface area contributed by atoms with Gasteiger partial charge in [0.15, 0.2) is 10.9 Å². The lowest BCUT2D eigenvalue weighted by atomic mass is 9.76. The number of aromatic nitrogens is 2. The summed E-state index contributed by atoms with van der Waals surface area (Å²) in [4.78, 5) is 33.3. The third-order valence-electron chi connectivity index (χ3n) is 4.79. The number of hydrogen-bond donors (Lipinski definition) is 2. The van der Waals surface area contributed by atoms with Crippen molar-refractivity contribution in [1.29, 1.82) is 0 Å². The first-order chi connectivity index (χ1) is 12.9. The summed E-state index contributed by atoms with van der Waals surface area (Å²) >= 11 is 7.55. The van der Waals surface area contributed by atoms with E-state index in [9.17, 15) is 9.59 Å². The maximum absolute atomic E-state index is 13.0. The van der Waals surface area contributed by atoms with Gasteiger partial charge >= 0.3 is 0 Å². The number of anilines is 1. The van der Waals surface area contributed by atoms with Crippen LogP contribution in [0.1, 0.15) is 50.2 Å². The molecule has 5 nitrogen and oxygen atoms in total. The van der Waals surface area contributed by atoms with E-state index in [0.717, 1.165) is 24.1 Å². The first-order valence-electron chi connectivity index (χ1n) is 9.03. The Morgan fingerprint density at radius 2 is 1.93 bits per heavy atom. The molecule has 1 aromatic carbocycles. The van der Waals surface area contributed by atoms with Gasteiger partial charge in [-0.1, -0.05) is 49.3 Å². The second kappa shape index (κ2) is 7.17. The molecule has 0 bridgehead atoms. The fourth-order valence-electron chi connectivity index (χ4n) is 3.71. The quantitative estimate of drug-likeness (QED) is 0.585. The minimum absolute atomic E-state index is 0.0920. The van der Waals surface area contributed by atoms with Gasteiger partial charge in [-0.3, -0.25) is 9.59 Å². The lowest BCUT2D eigenvalue weighted by Gasteiger charge is -2.32. The third-order valence-corrected chi connectivity index (χ3v) is 5.93. The van der Waals surface area contributed by atoms with Crippen molar-refractivity contribution < 1.29 is 4.79 Å². The van der Waals surface area contributed by atoms with E-state index >= 15 is 0 Å². The normalized spacial score (nSPS) is 19.0. The number of nitrogens with one attached hydrogen (secondary N) is 2. The van der Waals surface area contributed by atoms with E-state index in [0.29, 0.717) is 38.8 Å². The number of Topliss-reactive ketones (excluding diaryl/α,β-unsaturated/α-hetero) is 1. The van der Waals surface area contributed by atoms with Crippen molar-refractivity contribution in [1.82, 2.24) is 9.97 Å². The van der Waals surface area contributed by atoms with Gasteiger partial charge in [-0.15, -0.1) is 0 Å². The molecule has 1 aromatic heterocycles. The third kappa shape index (κ3) is 3.44. The van der Waals surface area contributed by atoms with Gasteiger partial charge < -0.3 is 10.3 Å². The number of fused-ring (bicyclic) bond motifs is 1. The smallest absolute Gasteiger partial charge is 0.257 e. The van der Waals surface area contributed by atoms with E-state index in [4.69, 9.17) is 11.6 Å². The molecule has 0 unspecified atom stereocenters. The summed E-state index contributed by atoms with van der Waals surface area (Å²) in [6.07, 6.45) is 2.10. The molecule has 27 heavy (non-hydrogen) atoms. The van der Waals surface area contributed by atoms with Gasteiger partial charge in [-0.05, 0) is 30.5 Å². The van der Waals surface area contributed by atoms with Crippen molar-refractivity contribution >= 4 is 35.0 Å². The molecular formula is C20H20ClN3O2S. The van der Waals surface area contributed by atoms with E-state index in [2.05, 4.69) is 29.1 Å². The largest absolute Gasteiger partial charge is 0.343 e. The number of H-pyrrole nitrogens is 1. The summed E-state index contributed by atoms with van der Waals surface area (Å²) in [5.41, 5.74) is 2.74. The van der Waals surface area contributed by atoms with Gasteiger partial charge in [0.2, 0.25) is 0 Å². The van der Waals surface area contributed by atoms with Gasteiger partial charge in [-0.25, -0.2) is 4.98 Å². The Balaban J connectivity index is 1.92. The molecule has 0 spiro atoms. The minimum atomic E-state index is -0.421. The number of carbonyl (C=O) groups is 1. The Morgan fingerprint density at radius 1 is 1.19 bits per heavy atom.